The van der Waals surface area contributed by atoms with Gasteiger partial charge in [0, 0.05) is 0 Å². The highest BCUT2D eigenvalue weighted by Gasteiger charge is 2.29. The molecule has 0 saturated heterocycles. The molecule has 37 heavy (non-hydrogen) atoms. The number of benzene rings is 4. The van der Waals surface area contributed by atoms with Crippen LogP contribution in [0.4, 0.5) is 0 Å². The first-order chi connectivity index (χ1) is 18.3. The van der Waals surface area contributed by atoms with Gasteiger partial charge in [0.05, 0.1) is 19.8 Å². The monoisotopic (exact) mass is 490 g/mol. The summed E-state index contributed by atoms with van der Waals surface area (Å²) >= 11 is 0. The third-order valence-electron chi connectivity index (χ3n) is 6.01. The maximum atomic E-state index is 6.54. The van der Waals surface area contributed by atoms with Crippen molar-refractivity contribution in [1.29, 1.82) is 0 Å². The zero-order valence-electron chi connectivity index (χ0n) is 21.1. The SMILES string of the molecule is C=C[C@@H](OCc1ccccc1)[C@@H](OCc1ccccc1)[C@H](C=Cc1ccccc1)OCc1ccccc1. The molecular weight excluding hydrogens is 456 g/mol. The first kappa shape index (κ1) is 26.3. The molecule has 0 N–H and O–H groups in total. The van der Waals surface area contributed by atoms with E-state index in [0.717, 1.165) is 22.3 Å². The minimum absolute atomic E-state index is 0.372. The lowest BCUT2D eigenvalue weighted by Gasteiger charge is -2.31. The Hall–Kier alpha value is -3.76. The minimum Gasteiger partial charge on any atom is -0.367 e. The standard InChI is InChI=1S/C34H34O3/c1-2-32(35-25-29-17-9-4-10-18-29)34(37-27-31-21-13-6-14-22-31)33(24-23-28-15-7-3-8-16-28)36-26-30-19-11-5-12-20-30/h2-24,32-34H,1,25-27H2/t32-,33+,34-/m1/s1. The van der Waals surface area contributed by atoms with Crippen LogP contribution in [0.2, 0.25) is 0 Å². The molecular formula is C34H34O3. The van der Waals surface area contributed by atoms with Gasteiger partial charge in [-0.3, -0.25) is 0 Å². The van der Waals surface area contributed by atoms with Crippen LogP contribution in [-0.4, -0.2) is 18.3 Å². The first-order valence-corrected chi connectivity index (χ1v) is 12.6. The fourth-order valence-electron chi connectivity index (χ4n) is 4.00. The second-order valence-electron chi connectivity index (χ2n) is 8.79. The Morgan fingerprint density at radius 2 is 0.919 bits per heavy atom. The molecule has 4 rings (SSSR count). The maximum absolute atomic E-state index is 6.54. The Bertz CT molecular complexity index is 1190. The molecule has 0 saturated carbocycles. The zero-order chi connectivity index (χ0) is 25.5. The molecule has 4 aromatic rings. The van der Waals surface area contributed by atoms with Gasteiger partial charge in [-0.05, 0) is 22.3 Å². The van der Waals surface area contributed by atoms with E-state index in [1.54, 1.807) is 0 Å². The highest BCUT2D eigenvalue weighted by atomic mass is 16.6. The van der Waals surface area contributed by atoms with Crippen LogP contribution in [0.5, 0.6) is 0 Å². The third kappa shape index (κ3) is 8.69. The normalized spacial score (nSPS) is 13.7. The van der Waals surface area contributed by atoms with Crippen LogP contribution in [0.1, 0.15) is 22.3 Å². The molecule has 3 atom stereocenters. The molecule has 0 aliphatic rings. The summed E-state index contributed by atoms with van der Waals surface area (Å²) in [5.41, 5.74) is 4.38. The summed E-state index contributed by atoms with van der Waals surface area (Å²) in [5.74, 6) is 0. The number of hydrogen-bond donors (Lipinski definition) is 0. The molecule has 0 amide bonds. The summed E-state index contributed by atoms with van der Waals surface area (Å²) in [5, 5.41) is 0. The highest BCUT2D eigenvalue weighted by molar-refractivity contribution is 5.49. The summed E-state index contributed by atoms with van der Waals surface area (Å²) in [4.78, 5) is 0. The van der Waals surface area contributed by atoms with E-state index in [1.165, 1.54) is 0 Å². The van der Waals surface area contributed by atoms with Crippen molar-refractivity contribution in [1.82, 2.24) is 0 Å². The maximum Gasteiger partial charge on any atom is 0.117 e. The van der Waals surface area contributed by atoms with E-state index in [2.05, 4.69) is 67.3 Å². The van der Waals surface area contributed by atoms with E-state index in [0.29, 0.717) is 19.8 Å². The lowest BCUT2D eigenvalue weighted by Crippen LogP contribution is -2.40. The van der Waals surface area contributed by atoms with Crippen molar-refractivity contribution in [2.75, 3.05) is 0 Å². The van der Waals surface area contributed by atoms with E-state index in [4.69, 9.17) is 14.2 Å². The van der Waals surface area contributed by atoms with Crippen molar-refractivity contribution in [3.8, 4) is 0 Å². The summed E-state index contributed by atoms with van der Waals surface area (Å²) in [6.07, 6.45) is 4.79. The van der Waals surface area contributed by atoms with Gasteiger partial charge < -0.3 is 14.2 Å². The molecule has 188 valence electrons. The van der Waals surface area contributed by atoms with Gasteiger partial charge in [-0.15, -0.1) is 6.58 Å². The van der Waals surface area contributed by atoms with Gasteiger partial charge >= 0.3 is 0 Å². The summed E-state index contributed by atoms with van der Waals surface area (Å²) in [6, 6.07) is 40.7. The van der Waals surface area contributed by atoms with Crippen LogP contribution in [0.25, 0.3) is 6.08 Å². The number of hydrogen-bond acceptors (Lipinski definition) is 3. The fraction of sp³-hybridized carbons (Fsp3) is 0.176. The Balaban J connectivity index is 1.59. The van der Waals surface area contributed by atoms with Crippen molar-refractivity contribution in [3.63, 3.8) is 0 Å². The molecule has 0 aliphatic carbocycles. The lowest BCUT2D eigenvalue weighted by atomic mass is 10.0. The third-order valence-corrected chi connectivity index (χ3v) is 6.01. The average Bonchev–Trinajstić information content (AvgIpc) is 2.97. The summed E-state index contributed by atoms with van der Waals surface area (Å²) in [7, 11) is 0. The summed E-state index contributed by atoms with van der Waals surface area (Å²) < 4.78 is 19.4. The van der Waals surface area contributed by atoms with Crippen LogP contribution >= 0.6 is 0 Å². The molecule has 0 heterocycles. The minimum atomic E-state index is -0.412. The van der Waals surface area contributed by atoms with E-state index in [-0.39, 0.29) is 12.2 Å². The van der Waals surface area contributed by atoms with Crippen molar-refractivity contribution in [2.24, 2.45) is 0 Å². The van der Waals surface area contributed by atoms with Crippen LogP contribution in [0.3, 0.4) is 0 Å². The van der Waals surface area contributed by atoms with Crippen LogP contribution in [0, 0.1) is 0 Å². The van der Waals surface area contributed by atoms with Gasteiger partial charge in [-0.25, -0.2) is 0 Å². The topological polar surface area (TPSA) is 27.7 Å². The first-order valence-electron chi connectivity index (χ1n) is 12.6. The predicted octanol–water partition coefficient (Wildman–Crippen LogP) is 7.64. The van der Waals surface area contributed by atoms with Crippen molar-refractivity contribution < 1.29 is 14.2 Å². The molecule has 3 heteroatoms. The average molecular weight is 491 g/mol. The lowest BCUT2D eigenvalue weighted by molar-refractivity contribution is -0.123. The second kappa shape index (κ2) is 14.7. The van der Waals surface area contributed by atoms with Gasteiger partial charge in [0.15, 0.2) is 0 Å². The highest BCUT2D eigenvalue weighted by Crippen LogP contribution is 2.21. The molecule has 0 aromatic heterocycles. The predicted molar refractivity (Wildman–Crippen MR) is 151 cm³/mol. The Labute approximate surface area is 220 Å². The van der Waals surface area contributed by atoms with Crippen LogP contribution in [-0.2, 0) is 34.0 Å². The molecule has 4 aromatic carbocycles. The van der Waals surface area contributed by atoms with Gasteiger partial charge in [-0.1, -0.05) is 140 Å². The zero-order valence-corrected chi connectivity index (χ0v) is 21.1. The molecule has 0 radical (unpaired) electrons. The largest absolute Gasteiger partial charge is 0.367 e. The number of ether oxygens (including phenoxy) is 3. The molecule has 0 aliphatic heterocycles. The molecule has 0 unspecified atom stereocenters. The summed E-state index contributed by atoms with van der Waals surface area (Å²) in [6.45, 7) is 5.43. The van der Waals surface area contributed by atoms with E-state index >= 15 is 0 Å². The fourth-order valence-corrected chi connectivity index (χ4v) is 4.00. The van der Waals surface area contributed by atoms with Crippen LogP contribution in [0.15, 0.2) is 140 Å². The quantitative estimate of drug-likeness (QED) is 0.170. The van der Waals surface area contributed by atoms with Crippen molar-refractivity contribution >= 4 is 6.08 Å². The Kier molecular flexibility index (Phi) is 10.5. The van der Waals surface area contributed by atoms with E-state index in [9.17, 15) is 0 Å². The number of rotatable bonds is 14. The molecule has 0 spiro atoms. The Morgan fingerprint density at radius 3 is 1.38 bits per heavy atom. The van der Waals surface area contributed by atoms with Gasteiger partial charge in [0.1, 0.15) is 18.3 Å². The molecule has 3 nitrogen and oxygen atoms in total. The van der Waals surface area contributed by atoms with Crippen molar-refractivity contribution in [2.45, 2.75) is 38.1 Å². The Morgan fingerprint density at radius 1 is 0.514 bits per heavy atom. The van der Waals surface area contributed by atoms with E-state index < -0.39 is 6.10 Å². The van der Waals surface area contributed by atoms with Gasteiger partial charge in [-0.2, -0.15) is 0 Å². The van der Waals surface area contributed by atoms with E-state index in [1.807, 2.05) is 78.9 Å². The van der Waals surface area contributed by atoms with Gasteiger partial charge in [0.2, 0.25) is 0 Å². The van der Waals surface area contributed by atoms with Crippen molar-refractivity contribution in [3.05, 3.63) is 162 Å². The smallest absolute Gasteiger partial charge is 0.117 e. The molecule has 0 fully saturated rings. The second-order valence-corrected chi connectivity index (χ2v) is 8.79. The van der Waals surface area contributed by atoms with Crippen LogP contribution < -0.4 is 0 Å². The molecule has 0 bridgehead atoms. The van der Waals surface area contributed by atoms with Gasteiger partial charge in [0.25, 0.3) is 0 Å².